The lowest BCUT2D eigenvalue weighted by Crippen LogP contribution is -2.24. The highest BCUT2D eigenvalue weighted by molar-refractivity contribution is 5.89. The van der Waals surface area contributed by atoms with E-state index < -0.39 is 11.8 Å². The lowest BCUT2D eigenvalue weighted by Gasteiger charge is -2.21. The molecule has 1 aromatic carbocycles. The van der Waals surface area contributed by atoms with Crippen LogP contribution in [0.2, 0.25) is 0 Å². The van der Waals surface area contributed by atoms with E-state index in [4.69, 9.17) is 5.11 Å². The summed E-state index contributed by atoms with van der Waals surface area (Å²) in [6.07, 6.45) is 1.08. The fourth-order valence-electron chi connectivity index (χ4n) is 1.90. The number of benzene rings is 1. The van der Waals surface area contributed by atoms with Crippen LogP contribution in [0.5, 0.6) is 0 Å². The third kappa shape index (κ3) is 4.11. The molecule has 1 aromatic rings. The van der Waals surface area contributed by atoms with Crippen molar-refractivity contribution < 1.29 is 14.3 Å². The Kier molecular flexibility index (Phi) is 5.28. The Balaban J connectivity index is 2.80. The topological polar surface area (TPSA) is 40.5 Å². The van der Waals surface area contributed by atoms with Crippen LogP contribution in [-0.2, 0) is 6.54 Å². The molecule has 0 amide bonds. The molecule has 0 saturated heterocycles. The summed E-state index contributed by atoms with van der Waals surface area (Å²) >= 11 is 0. The second-order valence-corrected chi connectivity index (χ2v) is 4.82. The molecule has 0 aliphatic rings. The van der Waals surface area contributed by atoms with E-state index in [9.17, 15) is 9.18 Å². The maximum Gasteiger partial charge on any atom is 0.336 e. The van der Waals surface area contributed by atoms with Gasteiger partial charge in [0.15, 0.2) is 0 Å². The van der Waals surface area contributed by atoms with Gasteiger partial charge in [0.05, 0.1) is 5.56 Å². The molecule has 1 unspecified atom stereocenters. The van der Waals surface area contributed by atoms with Gasteiger partial charge in [-0.15, -0.1) is 0 Å². The van der Waals surface area contributed by atoms with E-state index in [-0.39, 0.29) is 5.56 Å². The summed E-state index contributed by atoms with van der Waals surface area (Å²) in [5.41, 5.74) is 0.695. The standard InChI is InChI=1S/C14H20FNO2/c1-4-10(2)8-16(3)9-11-5-6-12(15)7-13(11)14(17)18/h5-7,10H,4,8-9H2,1-3H3,(H,17,18). The summed E-state index contributed by atoms with van der Waals surface area (Å²) in [5, 5.41) is 9.05. The Labute approximate surface area is 107 Å². The number of carboxylic acids is 1. The van der Waals surface area contributed by atoms with Gasteiger partial charge in [-0.05, 0) is 30.7 Å². The molecule has 0 aromatic heterocycles. The third-order valence-electron chi connectivity index (χ3n) is 3.06. The molecule has 0 fully saturated rings. The summed E-state index contributed by atoms with van der Waals surface area (Å²) in [5.74, 6) is -1.04. The van der Waals surface area contributed by atoms with Crippen molar-refractivity contribution in [1.82, 2.24) is 4.90 Å². The quantitative estimate of drug-likeness (QED) is 0.847. The molecule has 4 heteroatoms. The first-order valence-electron chi connectivity index (χ1n) is 6.14. The Morgan fingerprint density at radius 1 is 1.50 bits per heavy atom. The predicted molar refractivity (Wildman–Crippen MR) is 69.1 cm³/mol. The maximum absolute atomic E-state index is 13.0. The van der Waals surface area contributed by atoms with Gasteiger partial charge in [0.1, 0.15) is 5.82 Å². The summed E-state index contributed by atoms with van der Waals surface area (Å²) in [4.78, 5) is 13.1. The minimum atomic E-state index is -1.08. The number of hydrogen-bond donors (Lipinski definition) is 1. The van der Waals surface area contributed by atoms with Crippen LogP contribution >= 0.6 is 0 Å². The van der Waals surface area contributed by atoms with Crippen LogP contribution in [0.3, 0.4) is 0 Å². The van der Waals surface area contributed by atoms with Gasteiger partial charge in [-0.3, -0.25) is 0 Å². The molecule has 100 valence electrons. The van der Waals surface area contributed by atoms with Crippen LogP contribution in [0.1, 0.15) is 36.2 Å². The molecule has 18 heavy (non-hydrogen) atoms. The number of carboxylic acid groups (broad SMARTS) is 1. The van der Waals surface area contributed by atoms with E-state index in [1.165, 1.54) is 6.07 Å². The van der Waals surface area contributed by atoms with E-state index >= 15 is 0 Å². The monoisotopic (exact) mass is 253 g/mol. The summed E-state index contributed by atoms with van der Waals surface area (Å²) in [6.45, 7) is 5.69. The van der Waals surface area contributed by atoms with Gasteiger partial charge >= 0.3 is 5.97 Å². The molecule has 1 atom stereocenters. The van der Waals surface area contributed by atoms with Gasteiger partial charge in [0, 0.05) is 13.1 Å². The number of carbonyl (C=O) groups is 1. The fourth-order valence-corrected chi connectivity index (χ4v) is 1.90. The second-order valence-electron chi connectivity index (χ2n) is 4.82. The highest BCUT2D eigenvalue weighted by atomic mass is 19.1. The van der Waals surface area contributed by atoms with Crippen LogP contribution in [0.25, 0.3) is 0 Å². The van der Waals surface area contributed by atoms with Crippen LogP contribution in [-0.4, -0.2) is 29.6 Å². The van der Waals surface area contributed by atoms with E-state index in [0.717, 1.165) is 19.0 Å². The van der Waals surface area contributed by atoms with Crippen LogP contribution in [0, 0.1) is 11.7 Å². The van der Waals surface area contributed by atoms with Crippen LogP contribution in [0.15, 0.2) is 18.2 Å². The molecular formula is C14H20FNO2. The summed E-state index contributed by atoms with van der Waals surface area (Å²) in [6, 6.07) is 3.93. The first kappa shape index (κ1) is 14.6. The van der Waals surface area contributed by atoms with E-state index in [0.29, 0.717) is 18.0 Å². The summed E-state index contributed by atoms with van der Waals surface area (Å²) < 4.78 is 13.0. The number of rotatable bonds is 6. The zero-order chi connectivity index (χ0) is 13.7. The zero-order valence-electron chi connectivity index (χ0n) is 11.1. The van der Waals surface area contributed by atoms with Gasteiger partial charge < -0.3 is 10.0 Å². The lowest BCUT2D eigenvalue weighted by atomic mass is 10.1. The molecule has 0 radical (unpaired) electrons. The van der Waals surface area contributed by atoms with Crippen molar-refractivity contribution in [3.8, 4) is 0 Å². The lowest BCUT2D eigenvalue weighted by molar-refractivity contribution is 0.0694. The van der Waals surface area contributed by atoms with Crippen molar-refractivity contribution in [3.63, 3.8) is 0 Å². The Hall–Kier alpha value is -1.42. The van der Waals surface area contributed by atoms with Gasteiger partial charge in [0.25, 0.3) is 0 Å². The predicted octanol–water partition coefficient (Wildman–Crippen LogP) is 3.00. The third-order valence-corrected chi connectivity index (χ3v) is 3.06. The average molecular weight is 253 g/mol. The Bertz CT molecular complexity index is 420. The van der Waals surface area contributed by atoms with Crippen molar-refractivity contribution in [3.05, 3.63) is 35.1 Å². The average Bonchev–Trinajstić information content (AvgIpc) is 2.30. The molecule has 1 rings (SSSR count). The minimum Gasteiger partial charge on any atom is -0.478 e. The number of nitrogens with zero attached hydrogens (tertiary/aromatic N) is 1. The highest BCUT2D eigenvalue weighted by Gasteiger charge is 2.13. The molecule has 3 nitrogen and oxygen atoms in total. The zero-order valence-corrected chi connectivity index (χ0v) is 11.1. The fraction of sp³-hybridized carbons (Fsp3) is 0.500. The summed E-state index contributed by atoms with van der Waals surface area (Å²) in [7, 11) is 1.95. The van der Waals surface area contributed by atoms with Crippen molar-refractivity contribution in [2.45, 2.75) is 26.8 Å². The number of aromatic carboxylic acids is 1. The van der Waals surface area contributed by atoms with Crippen LogP contribution < -0.4 is 0 Å². The molecule has 0 heterocycles. The molecule has 0 bridgehead atoms. The van der Waals surface area contributed by atoms with Gasteiger partial charge in [-0.1, -0.05) is 26.3 Å². The van der Waals surface area contributed by atoms with Gasteiger partial charge in [-0.2, -0.15) is 0 Å². The smallest absolute Gasteiger partial charge is 0.336 e. The number of hydrogen-bond acceptors (Lipinski definition) is 2. The number of halogens is 1. The molecule has 0 aliphatic heterocycles. The molecular weight excluding hydrogens is 233 g/mol. The van der Waals surface area contributed by atoms with E-state index in [1.807, 2.05) is 7.05 Å². The van der Waals surface area contributed by atoms with Gasteiger partial charge in [0.2, 0.25) is 0 Å². The van der Waals surface area contributed by atoms with Crippen molar-refractivity contribution in [2.75, 3.05) is 13.6 Å². The molecule has 1 N–H and O–H groups in total. The normalized spacial score (nSPS) is 12.7. The second kappa shape index (κ2) is 6.50. The molecule has 0 aliphatic carbocycles. The molecule has 0 saturated carbocycles. The minimum absolute atomic E-state index is 0.0472. The van der Waals surface area contributed by atoms with Crippen molar-refractivity contribution in [2.24, 2.45) is 5.92 Å². The SMILES string of the molecule is CCC(C)CN(C)Cc1ccc(F)cc1C(=O)O. The van der Waals surface area contributed by atoms with Gasteiger partial charge in [-0.25, -0.2) is 9.18 Å². The Morgan fingerprint density at radius 2 is 2.17 bits per heavy atom. The molecule has 0 spiro atoms. The largest absolute Gasteiger partial charge is 0.478 e. The first-order chi connectivity index (χ1) is 8.43. The van der Waals surface area contributed by atoms with Crippen molar-refractivity contribution in [1.29, 1.82) is 0 Å². The van der Waals surface area contributed by atoms with E-state index in [1.54, 1.807) is 6.07 Å². The maximum atomic E-state index is 13.0. The van der Waals surface area contributed by atoms with E-state index in [2.05, 4.69) is 18.7 Å². The Morgan fingerprint density at radius 3 is 2.72 bits per heavy atom. The highest BCUT2D eigenvalue weighted by Crippen LogP contribution is 2.14. The first-order valence-corrected chi connectivity index (χ1v) is 6.14. The van der Waals surface area contributed by atoms with Crippen LogP contribution in [0.4, 0.5) is 4.39 Å². The van der Waals surface area contributed by atoms with Crippen molar-refractivity contribution >= 4 is 5.97 Å².